The van der Waals surface area contributed by atoms with Gasteiger partial charge in [-0.3, -0.25) is 0 Å². The minimum atomic E-state index is -0.134. The zero-order valence-corrected chi connectivity index (χ0v) is 12.8. The van der Waals surface area contributed by atoms with E-state index in [1.165, 1.54) is 0 Å². The van der Waals surface area contributed by atoms with Crippen LogP contribution in [0.1, 0.15) is 30.8 Å². The molecule has 0 bridgehead atoms. The van der Waals surface area contributed by atoms with Crippen LogP contribution in [0.25, 0.3) is 0 Å². The van der Waals surface area contributed by atoms with E-state index in [1.807, 2.05) is 17.8 Å². The lowest BCUT2D eigenvalue weighted by molar-refractivity contribution is 0.351. The maximum Gasteiger partial charge on any atom is 0.240 e. The first-order chi connectivity index (χ1) is 10.2. The van der Waals surface area contributed by atoms with E-state index in [9.17, 15) is 0 Å². The number of imidazole rings is 1. The maximum atomic E-state index is 5.36. The molecule has 1 atom stereocenters. The van der Waals surface area contributed by atoms with Crippen molar-refractivity contribution in [3.8, 4) is 11.8 Å². The smallest absolute Gasteiger partial charge is 0.240 e. The first-order valence-corrected chi connectivity index (χ1v) is 6.85. The number of methoxy groups -OCH3 is 2. The van der Waals surface area contributed by atoms with Gasteiger partial charge in [0.2, 0.25) is 11.8 Å². The Balaban J connectivity index is 2.43. The van der Waals surface area contributed by atoms with Gasteiger partial charge in [0.15, 0.2) is 0 Å². The van der Waals surface area contributed by atoms with Crippen LogP contribution in [0.3, 0.4) is 0 Å². The van der Waals surface area contributed by atoms with Crippen LogP contribution in [-0.4, -0.2) is 40.3 Å². The molecule has 114 valence electrons. The van der Waals surface area contributed by atoms with Crippen LogP contribution in [0.5, 0.6) is 11.8 Å². The summed E-state index contributed by atoms with van der Waals surface area (Å²) in [5, 5.41) is 3.46. The van der Waals surface area contributed by atoms with Gasteiger partial charge in [-0.15, -0.1) is 0 Å². The van der Waals surface area contributed by atoms with Crippen molar-refractivity contribution in [2.75, 3.05) is 20.8 Å². The molecule has 7 heteroatoms. The quantitative estimate of drug-likeness (QED) is 0.829. The Morgan fingerprint density at radius 1 is 1.29 bits per heavy atom. The van der Waals surface area contributed by atoms with Crippen LogP contribution in [0.15, 0.2) is 18.7 Å². The van der Waals surface area contributed by atoms with Crippen molar-refractivity contribution in [2.24, 2.45) is 7.05 Å². The van der Waals surface area contributed by atoms with E-state index in [0.717, 1.165) is 24.4 Å². The number of hydrogen-bond acceptors (Lipinski definition) is 6. The van der Waals surface area contributed by atoms with Gasteiger partial charge in [-0.05, 0) is 13.0 Å². The monoisotopic (exact) mass is 291 g/mol. The fourth-order valence-electron chi connectivity index (χ4n) is 2.09. The molecule has 0 aliphatic rings. The lowest BCUT2D eigenvalue weighted by Crippen LogP contribution is -2.26. The molecule has 0 aliphatic heterocycles. The standard InChI is InChI=1S/C14H21N5O2/c1-5-6-16-12(10-7-15-9-19(10)2)13-14(21-4)18-11(20-3)8-17-13/h7-9,12,16H,5-6H2,1-4H3. The highest BCUT2D eigenvalue weighted by Gasteiger charge is 2.23. The maximum absolute atomic E-state index is 5.36. The van der Waals surface area contributed by atoms with Gasteiger partial charge in [0.1, 0.15) is 5.69 Å². The largest absolute Gasteiger partial charge is 0.480 e. The summed E-state index contributed by atoms with van der Waals surface area (Å²) in [6.45, 7) is 2.97. The number of rotatable bonds is 7. The predicted octanol–water partition coefficient (Wildman–Crippen LogP) is 1.32. The number of aryl methyl sites for hydroxylation is 1. The van der Waals surface area contributed by atoms with Gasteiger partial charge in [0.05, 0.1) is 44.7 Å². The van der Waals surface area contributed by atoms with Crippen LogP contribution in [0.4, 0.5) is 0 Å². The van der Waals surface area contributed by atoms with Crippen molar-refractivity contribution < 1.29 is 9.47 Å². The van der Waals surface area contributed by atoms with E-state index in [-0.39, 0.29) is 6.04 Å². The summed E-state index contributed by atoms with van der Waals surface area (Å²) in [4.78, 5) is 12.9. The van der Waals surface area contributed by atoms with Gasteiger partial charge in [-0.1, -0.05) is 6.92 Å². The molecule has 1 N–H and O–H groups in total. The van der Waals surface area contributed by atoms with E-state index in [0.29, 0.717) is 11.8 Å². The fraction of sp³-hybridized carbons (Fsp3) is 0.500. The molecule has 2 aromatic rings. The molecule has 0 saturated carbocycles. The lowest BCUT2D eigenvalue weighted by atomic mass is 10.1. The van der Waals surface area contributed by atoms with Gasteiger partial charge >= 0.3 is 0 Å². The normalized spacial score (nSPS) is 12.2. The van der Waals surface area contributed by atoms with E-state index in [4.69, 9.17) is 9.47 Å². The molecule has 2 aromatic heterocycles. The van der Waals surface area contributed by atoms with Crippen molar-refractivity contribution in [1.29, 1.82) is 0 Å². The predicted molar refractivity (Wildman–Crippen MR) is 78.5 cm³/mol. The molecule has 0 radical (unpaired) electrons. The SMILES string of the molecule is CCCNC(c1ncc(OC)nc1OC)c1cncn1C. The number of ether oxygens (including phenoxy) is 2. The molecule has 7 nitrogen and oxygen atoms in total. The Morgan fingerprint density at radius 2 is 2.10 bits per heavy atom. The second-order valence-electron chi connectivity index (χ2n) is 4.62. The average molecular weight is 291 g/mol. The van der Waals surface area contributed by atoms with Crippen LogP contribution in [0.2, 0.25) is 0 Å². The second kappa shape index (κ2) is 7.03. The topological polar surface area (TPSA) is 74.1 Å². The summed E-state index contributed by atoms with van der Waals surface area (Å²) in [6.07, 6.45) is 6.19. The summed E-state index contributed by atoms with van der Waals surface area (Å²) >= 11 is 0. The summed E-state index contributed by atoms with van der Waals surface area (Å²) in [6, 6.07) is -0.134. The van der Waals surface area contributed by atoms with Crippen molar-refractivity contribution in [2.45, 2.75) is 19.4 Å². The molecule has 0 aromatic carbocycles. The van der Waals surface area contributed by atoms with Crippen molar-refractivity contribution in [1.82, 2.24) is 24.8 Å². The zero-order chi connectivity index (χ0) is 15.2. The van der Waals surface area contributed by atoms with Gasteiger partial charge in [-0.2, -0.15) is 4.98 Å². The van der Waals surface area contributed by atoms with Gasteiger partial charge in [0.25, 0.3) is 0 Å². The zero-order valence-electron chi connectivity index (χ0n) is 12.8. The minimum absolute atomic E-state index is 0.134. The Hall–Kier alpha value is -2.15. The van der Waals surface area contributed by atoms with Crippen LogP contribution >= 0.6 is 0 Å². The summed E-state index contributed by atoms with van der Waals surface area (Å²) in [5.74, 6) is 0.874. The molecule has 0 saturated heterocycles. The third-order valence-corrected chi connectivity index (χ3v) is 3.17. The van der Waals surface area contributed by atoms with Gasteiger partial charge in [-0.25, -0.2) is 9.97 Å². The van der Waals surface area contributed by atoms with E-state index >= 15 is 0 Å². The Kier molecular flexibility index (Phi) is 5.10. The Morgan fingerprint density at radius 3 is 2.67 bits per heavy atom. The number of nitrogens with one attached hydrogen (secondary N) is 1. The van der Waals surface area contributed by atoms with Crippen LogP contribution < -0.4 is 14.8 Å². The number of aromatic nitrogens is 4. The summed E-state index contributed by atoms with van der Waals surface area (Å²) < 4.78 is 12.4. The number of nitrogens with zero attached hydrogens (tertiary/aromatic N) is 4. The summed E-state index contributed by atoms with van der Waals surface area (Å²) in [5.41, 5.74) is 1.72. The fourth-order valence-corrected chi connectivity index (χ4v) is 2.09. The first-order valence-electron chi connectivity index (χ1n) is 6.85. The molecule has 0 fully saturated rings. The van der Waals surface area contributed by atoms with Gasteiger partial charge in [0, 0.05) is 7.05 Å². The minimum Gasteiger partial charge on any atom is -0.480 e. The van der Waals surface area contributed by atoms with Crippen LogP contribution in [-0.2, 0) is 7.05 Å². The third-order valence-electron chi connectivity index (χ3n) is 3.17. The Labute approximate surface area is 124 Å². The van der Waals surface area contributed by atoms with Crippen LogP contribution in [0, 0.1) is 0 Å². The molecule has 0 amide bonds. The highest BCUT2D eigenvalue weighted by atomic mass is 16.5. The first kappa shape index (κ1) is 15.2. The highest BCUT2D eigenvalue weighted by Crippen LogP contribution is 2.27. The van der Waals surface area contributed by atoms with Gasteiger partial charge < -0.3 is 19.4 Å². The Bertz CT molecular complexity index is 584. The average Bonchev–Trinajstić information content (AvgIpc) is 2.94. The number of hydrogen-bond donors (Lipinski definition) is 1. The van der Waals surface area contributed by atoms with Crippen molar-refractivity contribution in [3.05, 3.63) is 30.1 Å². The molecular formula is C14H21N5O2. The molecule has 21 heavy (non-hydrogen) atoms. The van der Waals surface area contributed by atoms with Crippen molar-refractivity contribution in [3.63, 3.8) is 0 Å². The molecule has 2 heterocycles. The second-order valence-corrected chi connectivity index (χ2v) is 4.62. The molecule has 0 spiro atoms. The van der Waals surface area contributed by atoms with Crippen molar-refractivity contribution >= 4 is 0 Å². The molecular weight excluding hydrogens is 270 g/mol. The van der Waals surface area contributed by atoms with E-state index in [1.54, 1.807) is 26.7 Å². The lowest BCUT2D eigenvalue weighted by Gasteiger charge is -2.20. The van der Waals surface area contributed by atoms with E-state index < -0.39 is 0 Å². The highest BCUT2D eigenvalue weighted by molar-refractivity contribution is 5.31. The molecule has 1 unspecified atom stereocenters. The van der Waals surface area contributed by atoms with E-state index in [2.05, 4.69) is 27.2 Å². The summed E-state index contributed by atoms with van der Waals surface area (Å²) in [7, 11) is 5.08. The molecule has 2 rings (SSSR count). The third kappa shape index (κ3) is 3.30. The molecule has 0 aliphatic carbocycles.